The van der Waals surface area contributed by atoms with Crippen LogP contribution in [0.3, 0.4) is 0 Å². The van der Waals surface area contributed by atoms with Crippen LogP contribution < -0.4 is 0 Å². The maximum absolute atomic E-state index is 12.2. The molecular weight excluding hydrogens is 198 g/mol. The molecule has 1 aliphatic heterocycles. The van der Waals surface area contributed by atoms with E-state index in [9.17, 15) is 4.79 Å². The molecule has 1 aromatic carbocycles. The van der Waals surface area contributed by atoms with Gasteiger partial charge in [0.25, 0.3) is 5.91 Å². The zero-order valence-corrected chi connectivity index (χ0v) is 9.70. The molecule has 84 valence electrons. The Morgan fingerprint density at radius 3 is 2.62 bits per heavy atom. The normalized spacial score (nSPS) is 15.2. The van der Waals surface area contributed by atoms with Crippen LogP contribution in [0.5, 0.6) is 0 Å². The Morgan fingerprint density at radius 1 is 1.31 bits per heavy atom. The van der Waals surface area contributed by atoms with Crippen LogP contribution in [0.25, 0.3) is 6.08 Å². The summed E-state index contributed by atoms with van der Waals surface area (Å²) in [6.45, 7) is 7.55. The fourth-order valence-corrected chi connectivity index (χ4v) is 2.16. The maximum atomic E-state index is 12.2. The first kappa shape index (κ1) is 10.9. The first-order valence-corrected chi connectivity index (χ1v) is 5.74. The van der Waals surface area contributed by atoms with E-state index in [1.54, 1.807) is 6.08 Å². The molecule has 2 rings (SSSR count). The molecule has 1 aliphatic rings. The Balaban J connectivity index is 2.28. The highest BCUT2D eigenvalue weighted by Crippen LogP contribution is 2.16. The summed E-state index contributed by atoms with van der Waals surface area (Å²) >= 11 is 0. The number of amides is 1. The van der Waals surface area contributed by atoms with E-state index >= 15 is 0 Å². The number of rotatable bonds is 2. The fraction of sp³-hybridized carbons (Fsp3) is 0.357. The maximum Gasteiger partial charge on any atom is 0.253 e. The van der Waals surface area contributed by atoms with E-state index in [4.69, 9.17) is 0 Å². The predicted octanol–water partition coefficient (Wildman–Crippen LogP) is 2.87. The lowest BCUT2D eigenvalue weighted by molar-refractivity contribution is 0.0792. The average Bonchev–Trinajstić information content (AvgIpc) is 2.80. The number of benzene rings is 1. The number of nitrogens with zero attached hydrogens (tertiary/aromatic N) is 1. The summed E-state index contributed by atoms with van der Waals surface area (Å²) in [5.74, 6) is 0.157. The molecule has 2 heteroatoms. The van der Waals surface area contributed by atoms with Crippen molar-refractivity contribution < 1.29 is 4.79 Å². The number of hydrogen-bond acceptors (Lipinski definition) is 1. The number of aryl methyl sites for hydroxylation is 1. The quantitative estimate of drug-likeness (QED) is 0.743. The van der Waals surface area contributed by atoms with E-state index in [1.807, 2.05) is 30.0 Å². The first-order valence-electron chi connectivity index (χ1n) is 5.74. The molecule has 1 fully saturated rings. The highest BCUT2D eigenvalue weighted by atomic mass is 16.2. The first-order chi connectivity index (χ1) is 7.70. The molecule has 0 atom stereocenters. The van der Waals surface area contributed by atoms with Crippen LogP contribution in [-0.4, -0.2) is 23.9 Å². The molecule has 0 saturated carbocycles. The van der Waals surface area contributed by atoms with E-state index in [0.29, 0.717) is 0 Å². The Bertz CT molecular complexity index is 417. The van der Waals surface area contributed by atoms with Crippen LogP contribution in [0.15, 0.2) is 24.8 Å². The Hall–Kier alpha value is -1.57. The van der Waals surface area contributed by atoms with Gasteiger partial charge in [-0.15, -0.1) is 0 Å². The third-order valence-corrected chi connectivity index (χ3v) is 2.98. The molecule has 0 unspecified atom stereocenters. The second kappa shape index (κ2) is 4.52. The number of carbonyl (C=O) groups excluding carboxylic acids is 1. The largest absolute Gasteiger partial charge is 0.339 e. The van der Waals surface area contributed by atoms with Gasteiger partial charge in [0.1, 0.15) is 0 Å². The van der Waals surface area contributed by atoms with Crippen LogP contribution in [0.2, 0.25) is 0 Å². The summed E-state index contributed by atoms with van der Waals surface area (Å²) in [7, 11) is 0. The molecular formula is C14H17NO. The van der Waals surface area contributed by atoms with Crippen molar-refractivity contribution in [1.82, 2.24) is 4.90 Å². The van der Waals surface area contributed by atoms with Crippen molar-refractivity contribution in [2.45, 2.75) is 19.8 Å². The van der Waals surface area contributed by atoms with E-state index in [-0.39, 0.29) is 5.91 Å². The van der Waals surface area contributed by atoms with Gasteiger partial charge in [0.15, 0.2) is 0 Å². The Kier molecular flexibility index (Phi) is 3.09. The lowest BCUT2D eigenvalue weighted by atomic mass is 10.1. The minimum Gasteiger partial charge on any atom is -0.339 e. The predicted molar refractivity (Wildman–Crippen MR) is 66.4 cm³/mol. The smallest absolute Gasteiger partial charge is 0.253 e. The second-order valence-corrected chi connectivity index (χ2v) is 4.34. The van der Waals surface area contributed by atoms with E-state index in [0.717, 1.165) is 42.6 Å². The summed E-state index contributed by atoms with van der Waals surface area (Å²) in [5, 5.41) is 0. The average molecular weight is 215 g/mol. The lowest BCUT2D eigenvalue weighted by Gasteiger charge is -2.15. The van der Waals surface area contributed by atoms with Gasteiger partial charge in [-0.1, -0.05) is 18.7 Å². The molecule has 1 amide bonds. The molecule has 1 heterocycles. The topological polar surface area (TPSA) is 20.3 Å². The van der Waals surface area contributed by atoms with E-state index in [2.05, 4.69) is 6.58 Å². The zero-order chi connectivity index (χ0) is 11.5. The van der Waals surface area contributed by atoms with Crippen molar-refractivity contribution in [3.63, 3.8) is 0 Å². The van der Waals surface area contributed by atoms with Crippen molar-refractivity contribution in [2.24, 2.45) is 0 Å². The minimum atomic E-state index is 0.157. The summed E-state index contributed by atoms with van der Waals surface area (Å²) < 4.78 is 0. The van der Waals surface area contributed by atoms with Crippen molar-refractivity contribution in [3.05, 3.63) is 41.5 Å². The molecule has 0 aromatic heterocycles. The van der Waals surface area contributed by atoms with Crippen molar-refractivity contribution in [1.29, 1.82) is 0 Å². The molecule has 0 radical (unpaired) electrons. The zero-order valence-electron chi connectivity index (χ0n) is 9.70. The van der Waals surface area contributed by atoms with Gasteiger partial charge < -0.3 is 4.90 Å². The van der Waals surface area contributed by atoms with Crippen LogP contribution in [0.1, 0.15) is 34.3 Å². The monoisotopic (exact) mass is 215 g/mol. The van der Waals surface area contributed by atoms with Crippen LogP contribution in [-0.2, 0) is 0 Å². The van der Waals surface area contributed by atoms with Gasteiger partial charge in [0, 0.05) is 18.7 Å². The Morgan fingerprint density at radius 2 is 2.00 bits per heavy atom. The van der Waals surface area contributed by atoms with Gasteiger partial charge in [0.05, 0.1) is 0 Å². The van der Waals surface area contributed by atoms with Crippen molar-refractivity contribution >= 4 is 12.0 Å². The third kappa shape index (κ3) is 2.16. The van der Waals surface area contributed by atoms with Crippen molar-refractivity contribution in [2.75, 3.05) is 13.1 Å². The highest BCUT2D eigenvalue weighted by Gasteiger charge is 2.19. The number of likely N-dealkylation sites (tertiary alicyclic amines) is 1. The minimum absolute atomic E-state index is 0.157. The number of hydrogen-bond donors (Lipinski definition) is 0. The SMILES string of the molecule is C=Cc1cc(C)cc(C(=O)N2CCCC2)c1. The van der Waals surface area contributed by atoms with Gasteiger partial charge in [-0.2, -0.15) is 0 Å². The molecule has 0 bridgehead atoms. The van der Waals surface area contributed by atoms with Crippen molar-refractivity contribution in [3.8, 4) is 0 Å². The van der Waals surface area contributed by atoms with Gasteiger partial charge in [0.2, 0.25) is 0 Å². The lowest BCUT2D eigenvalue weighted by Crippen LogP contribution is -2.27. The van der Waals surface area contributed by atoms with E-state index < -0.39 is 0 Å². The molecule has 16 heavy (non-hydrogen) atoms. The summed E-state index contributed by atoms with van der Waals surface area (Å²) in [6, 6.07) is 5.90. The van der Waals surface area contributed by atoms with Gasteiger partial charge in [-0.25, -0.2) is 0 Å². The van der Waals surface area contributed by atoms with Gasteiger partial charge in [-0.3, -0.25) is 4.79 Å². The molecule has 0 N–H and O–H groups in total. The van der Waals surface area contributed by atoms with Gasteiger partial charge >= 0.3 is 0 Å². The highest BCUT2D eigenvalue weighted by molar-refractivity contribution is 5.95. The molecule has 0 spiro atoms. The third-order valence-electron chi connectivity index (χ3n) is 2.98. The standard InChI is InChI=1S/C14H17NO/c1-3-12-8-11(2)9-13(10-12)14(16)15-6-4-5-7-15/h3,8-10H,1,4-7H2,2H3. The van der Waals surface area contributed by atoms with E-state index in [1.165, 1.54) is 0 Å². The summed E-state index contributed by atoms with van der Waals surface area (Å²) in [5.41, 5.74) is 2.92. The fourth-order valence-electron chi connectivity index (χ4n) is 2.16. The second-order valence-electron chi connectivity index (χ2n) is 4.34. The van der Waals surface area contributed by atoms with Crippen LogP contribution >= 0.6 is 0 Å². The van der Waals surface area contributed by atoms with Gasteiger partial charge in [-0.05, 0) is 43.0 Å². The van der Waals surface area contributed by atoms with Crippen LogP contribution in [0, 0.1) is 6.92 Å². The molecule has 1 saturated heterocycles. The van der Waals surface area contributed by atoms with Crippen LogP contribution in [0.4, 0.5) is 0 Å². The molecule has 2 nitrogen and oxygen atoms in total. The Labute approximate surface area is 96.6 Å². The molecule has 1 aromatic rings. The number of carbonyl (C=O) groups is 1. The summed E-state index contributed by atoms with van der Waals surface area (Å²) in [4.78, 5) is 14.1. The summed E-state index contributed by atoms with van der Waals surface area (Å²) in [6.07, 6.45) is 4.05. The molecule has 0 aliphatic carbocycles.